The number of hydrogen-bond acceptors (Lipinski definition) is 7. The van der Waals surface area contributed by atoms with E-state index in [1.165, 1.54) is 13.2 Å². The number of nitrogens with one attached hydrogen (secondary N) is 1. The van der Waals surface area contributed by atoms with Crippen LogP contribution in [0.5, 0.6) is 6.01 Å². The Morgan fingerprint density at radius 1 is 1.30 bits per heavy atom. The van der Waals surface area contributed by atoms with Gasteiger partial charge in [-0.15, -0.1) is 0 Å². The topological polar surface area (TPSA) is 89.5 Å². The van der Waals surface area contributed by atoms with Crippen LogP contribution in [-0.2, 0) is 16.1 Å². The molecule has 1 aliphatic rings. The number of carbonyl (C=O) groups excluding carboxylic acids is 1. The number of halogens is 1. The van der Waals surface area contributed by atoms with E-state index in [0.717, 1.165) is 5.56 Å². The third-order valence-electron chi connectivity index (χ3n) is 3.87. The van der Waals surface area contributed by atoms with Crippen molar-refractivity contribution in [1.29, 1.82) is 0 Å². The molecule has 0 atom stereocenters. The van der Waals surface area contributed by atoms with E-state index in [-0.39, 0.29) is 18.5 Å². The number of anilines is 1. The number of ether oxygens (including phenoxy) is 2. The van der Waals surface area contributed by atoms with Gasteiger partial charge in [0.1, 0.15) is 0 Å². The first kappa shape index (κ1) is 19.1. The van der Waals surface area contributed by atoms with Crippen molar-refractivity contribution in [2.24, 2.45) is 0 Å². The number of methoxy groups -OCH3 is 1. The van der Waals surface area contributed by atoms with Crippen molar-refractivity contribution in [3.63, 3.8) is 0 Å². The van der Waals surface area contributed by atoms with Crippen LogP contribution in [0.2, 0.25) is 5.02 Å². The molecule has 2 heterocycles. The van der Waals surface area contributed by atoms with Gasteiger partial charge in [-0.25, -0.2) is 0 Å². The van der Waals surface area contributed by atoms with Gasteiger partial charge in [0.25, 0.3) is 0 Å². The molecule has 3 rings (SSSR count). The predicted octanol–water partition coefficient (Wildman–Crippen LogP) is 1.70. The molecule has 27 heavy (non-hydrogen) atoms. The average Bonchev–Trinajstić information content (AvgIpc) is 2.72. The molecule has 1 amide bonds. The number of rotatable bonds is 6. The maximum Gasteiger partial charge on any atom is 0.321 e. The first-order chi connectivity index (χ1) is 13.2. The molecule has 1 aliphatic heterocycles. The third kappa shape index (κ3) is 5.38. The van der Waals surface area contributed by atoms with E-state index >= 15 is 0 Å². The number of morpholine rings is 1. The molecule has 0 radical (unpaired) electrons. The van der Waals surface area contributed by atoms with Crippen molar-refractivity contribution in [3.8, 4) is 6.01 Å². The molecule has 9 heteroatoms. The molecule has 1 N–H and O–H groups in total. The minimum atomic E-state index is -0.276. The van der Waals surface area contributed by atoms with Crippen LogP contribution in [0.25, 0.3) is 6.08 Å². The van der Waals surface area contributed by atoms with E-state index in [0.29, 0.717) is 43.1 Å². The Morgan fingerprint density at radius 3 is 2.81 bits per heavy atom. The second-order valence-electron chi connectivity index (χ2n) is 5.71. The van der Waals surface area contributed by atoms with Crippen LogP contribution in [0.3, 0.4) is 0 Å². The molecule has 1 aromatic carbocycles. The molecule has 0 spiro atoms. The summed E-state index contributed by atoms with van der Waals surface area (Å²) in [4.78, 5) is 26.9. The minimum Gasteiger partial charge on any atom is -0.467 e. The van der Waals surface area contributed by atoms with E-state index in [4.69, 9.17) is 21.1 Å². The monoisotopic (exact) mass is 389 g/mol. The van der Waals surface area contributed by atoms with Crippen molar-refractivity contribution >= 4 is 29.5 Å². The second-order valence-corrected chi connectivity index (χ2v) is 6.12. The lowest BCUT2D eigenvalue weighted by Crippen LogP contribution is -2.37. The van der Waals surface area contributed by atoms with Crippen LogP contribution in [0.4, 0.5) is 5.95 Å². The lowest BCUT2D eigenvalue weighted by molar-refractivity contribution is -0.116. The number of carbonyl (C=O) groups is 1. The Hall–Kier alpha value is -2.71. The van der Waals surface area contributed by atoms with E-state index in [1.807, 2.05) is 23.1 Å². The number of benzene rings is 1. The largest absolute Gasteiger partial charge is 0.467 e. The fraction of sp³-hybridized carbons (Fsp3) is 0.333. The summed E-state index contributed by atoms with van der Waals surface area (Å²) in [6.07, 6.45) is 3.08. The van der Waals surface area contributed by atoms with E-state index in [1.54, 1.807) is 12.1 Å². The summed E-state index contributed by atoms with van der Waals surface area (Å²) in [6, 6.07) is 7.50. The maximum absolute atomic E-state index is 12.1. The number of aromatic nitrogens is 3. The van der Waals surface area contributed by atoms with Gasteiger partial charge in [0.2, 0.25) is 11.9 Å². The molecular weight excluding hydrogens is 370 g/mol. The Balaban J connectivity index is 1.64. The molecule has 0 unspecified atom stereocenters. The van der Waals surface area contributed by atoms with Crippen LogP contribution in [-0.4, -0.2) is 54.3 Å². The highest BCUT2D eigenvalue weighted by Crippen LogP contribution is 2.16. The van der Waals surface area contributed by atoms with E-state index in [9.17, 15) is 4.79 Å². The Bertz CT molecular complexity index is 824. The van der Waals surface area contributed by atoms with Crippen molar-refractivity contribution in [2.75, 3.05) is 38.3 Å². The van der Waals surface area contributed by atoms with Gasteiger partial charge in [-0.3, -0.25) is 4.79 Å². The second kappa shape index (κ2) is 9.29. The first-order valence-electron chi connectivity index (χ1n) is 8.48. The van der Waals surface area contributed by atoms with Gasteiger partial charge in [0, 0.05) is 24.2 Å². The Labute approximate surface area is 162 Å². The highest BCUT2D eigenvalue weighted by molar-refractivity contribution is 6.32. The lowest BCUT2D eigenvalue weighted by atomic mass is 10.2. The fourth-order valence-corrected chi connectivity index (χ4v) is 2.66. The molecule has 1 saturated heterocycles. The summed E-state index contributed by atoms with van der Waals surface area (Å²) in [6.45, 7) is 2.78. The van der Waals surface area contributed by atoms with Crippen LogP contribution < -0.4 is 15.0 Å². The zero-order valence-electron chi connectivity index (χ0n) is 14.9. The number of nitrogens with zero attached hydrogens (tertiary/aromatic N) is 4. The Kier molecular flexibility index (Phi) is 6.56. The van der Waals surface area contributed by atoms with Crippen LogP contribution in [0.1, 0.15) is 11.4 Å². The predicted molar refractivity (Wildman–Crippen MR) is 102 cm³/mol. The smallest absolute Gasteiger partial charge is 0.321 e. The summed E-state index contributed by atoms with van der Waals surface area (Å²) in [5.41, 5.74) is 0.769. The molecule has 2 aromatic rings. The SMILES string of the molecule is COc1nc(CNC(=O)/C=C/c2ccccc2Cl)nc(N2CCOCC2)n1. The lowest BCUT2D eigenvalue weighted by Gasteiger charge is -2.26. The quantitative estimate of drug-likeness (QED) is 0.752. The van der Waals surface area contributed by atoms with Gasteiger partial charge in [-0.05, 0) is 17.7 Å². The fourth-order valence-electron chi connectivity index (χ4n) is 2.46. The first-order valence-corrected chi connectivity index (χ1v) is 8.85. The normalized spacial score (nSPS) is 14.4. The average molecular weight is 390 g/mol. The Morgan fingerprint density at radius 2 is 2.07 bits per heavy atom. The van der Waals surface area contributed by atoms with E-state index < -0.39 is 0 Å². The molecular formula is C18H20ClN5O3. The van der Waals surface area contributed by atoms with Crippen LogP contribution in [0.15, 0.2) is 30.3 Å². The van der Waals surface area contributed by atoms with Crippen LogP contribution in [0, 0.1) is 0 Å². The number of hydrogen-bond donors (Lipinski definition) is 1. The number of amides is 1. The van der Waals surface area contributed by atoms with Crippen molar-refractivity contribution < 1.29 is 14.3 Å². The zero-order valence-corrected chi connectivity index (χ0v) is 15.6. The van der Waals surface area contributed by atoms with Gasteiger partial charge in [-0.2, -0.15) is 15.0 Å². The van der Waals surface area contributed by atoms with Gasteiger partial charge >= 0.3 is 6.01 Å². The molecule has 1 fully saturated rings. The standard InChI is InChI=1S/C18H20ClN5O3/c1-26-18-22-15(21-17(23-18)24-8-10-27-11-9-24)12-20-16(25)7-6-13-4-2-3-5-14(13)19/h2-7H,8-12H2,1H3,(H,20,25)/b7-6+. The van der Waals surface area contributed by atoms with Crippen LogP contribution >= 0.6 is 11.6 Å². The van der Waals surface area contributed by atoms with Gasteiger partial charge in [-0.1, -0.05) is 29.8 Å². The maximum atomic E-state index is 12.1. The summed E-state index contributed by atoms with van der Waals surface area (Å²) >= 11 is 6.07. The minimum absolute atomic E-state index is 0.155. The summed E-state index contributed by atoms with van der Waals surface area (Å²) in [7, 11) is 1.49. The highest BCUT2D eigenvalue weighted by Gasteiger charge is 2.17. The molecule has 0 saturated carbocycles. The van der Waals surface area contributed by atoms with Crippen molar-refractivity contribution in [3.05, 3.63) is 46.8 Å². The van der Waals surface area contributed by atoms with Crippen molar-refractivity contribution in [1.82, 2.24) is 20.3 Å². The van der Waals surface area contributed by atoms with Gasteiger partial charge < -0.3 is 19.7 Å². The van der Waals surface area contributed by atoms with Gasteiger partial charge in [0.15, 0.2) is 5.82 Å². The molecule has 1 aromatic heterocycles. The molecule has 0 aliphatic carbocycles. The highest BCUT2D eigenvalue weighted by atomic mass is 35.5. The van der Waals surface area contributed by atoms with Gasteiger partial charge in [0.05, 0.1) is 26.9 Å². The van der Waals surface area contributed by atoms with Crippen molar-refractivity contribution in [2.45, 2.75) is 6.54 Å². The molecule has 8 nitrogen and oxygen atoms in total. The third-order valence-corrected chi connectivity index (χ3v) is 4.21. The summed E-state index contributed by atoms with van der Waals surface area (Å²) < 4.78 is 10.5. The summed E-state index contributed by atoms with van der Waals surface area (Å²) in [5, 5.41) is 3.33. The zero-order chi connectivity index (χ0) is 19.1. The summed E-state index contributed by atoms with van der Waals surface area (Å²) in [5.74, 6) is 0.658. The molecule has 0 bridgehead atoms. The molecule has 142 valence electrons. The van der Waals surface area contributed by atoms with E-state index in [2.05, 4.69) is 20.3 Å².